The van der Waals surface area contributed by atoms with Crippen molar-refractivity contribution in [1.29, 1.82) is 0 Å². The number of nitrogens with zero attached hydrogens (tertiary/aromatic N) is 2. The third kappa shape index (κ3) is 8.63. The van der Waals surface area contributed by atoms with Gasteiger partial charge in [-0.25, -0.2) is 4.79 Å². The number of hydrogen-bond acceptors (Lipinski definition) is 8. The highest BCUT2D eigenvalue weighted by molar-refractivity contribution is 5.95. The standard InChI is InChI=1S/C25H45N7O6/c1-16(21(33)30-18(25(37)38)9-3-5-13-27)29-22(34)19-10-6-14-31(19)24(36)20-11-7-15-32(20)23(35)17(28)8-2-4-12-26/h16-20H,2-15,26-28H2,1H3,(H,29,34)(H,30,33)(H,37,38)/t16-,17-,18-,19-,20-/m0/s1. The van der Waals surface area contributed by atoms with Gasteiger partial charge in [-0.1, -0.05) is 6.42 Å². The van der Waals surface area contributed by atoms with Crippen LogP contribution in [0.25, 0.3) is 0 Å². The number of hydrogen-bond donors (Lipinski definition) is 6. The molecule has 0 radical (unpaired) electrons. The first-order chi connectivity index (χ1) is 18.1. The van der Waals surface area contributed by atoms with E-state index in [2.05, 4.69) is 10.6 Å². The van der Waals surface area contributed by atoms with Crippen LogP contribution in [-0.2, 0) is 24.0 Å². The number of amides is 4. The molecule has 0 aromatic rings. The van der Waals surface area contributed by atoms with Gasteiger partial charge in [0.1, 0.15) is 24.2 Å². The van der Waals surface area contributed by atoms with E-state index in [1.807, 2.05) is 0 Å². The summed E-state index contributed by atoms with van der Waals surface area (Å²) in [6, 6.07) is -4.20. The maximum absolute atomic E-state index is 13.5. The van der Waals surface area contributed by atoms with Crippen molar-refractivity contribution < 1.29 is 29.1 Å². The fourth-order valence-corrected chi connectivity index (χ4v) is 5.05. The minimum absolute atomic E-state index is 0.233. The van der Waals surface area contributed by atoms with E-state index in [1.165, 1.54) is 16.7 Å². The summed E-state index contributed by atoms with van der Waals surface area (Å²) in [6.07, 6.45) is 5.66. The molecule has 0 aliphatic carbocycles. The van der Waals surface area contributed by atoms with Crippen LogP contribution in [0.1, 0.15) is 71.1 Å². The molecular formula is C25H45N7O6. The Morgan fingerprint density at radius 3 is 2.05 bits per heavy atom. The Labute approximate surface area is 224 Å². The zero-order chi connectivity index (χ0) is 28.2. The first-order valence-corrected chi connectivity index (χ1v) is 13.7. The molecule has 2 aliphatic rings. The molecule has 2 aliphatic heterocycles. The fourth-order valence-electron chi connectivity index (χ4n) is 5.05. The smallest absolute Gasteiger partial charge is 0.326 e. The van der Waals surface area contributed by atoms with Gasteiger partial charge < -0.3 is 42.7 Å². The minimum Gasteiger partial charge on any atom is -0.480 e. The third-order valence-corrected chi connectivity index (χ3v) is 7.26. The predicted molar refractivity (Wildman–Crippen MR) is 140 cm³/mol. The number of carboxylic acid groups (broad SMARTS) is 1. The summed E-state index contributed by atoms with van der Waals surface area (Å²) in [5.41, 5.74) is 17.1. The normalized spacial score (nSPS) is 21.6. The summed E-state index contributed by atoms with van der Waals surface area (Å²) in [7, 11) is 0. The van der Waals surface area contributed by atoms with Crippen molar-refractivity contribution in [2.75, 3.05) is 26.2 Å². The molecule has 0 aromatic heterocycles. The summed E-state index contributed by atoms with van der Waals surface area (Å²) in [4.78, 5) is 66.6. The molecule has 4 amide bonds. The monoisotopic (exact) mass is 539 g/mol. The third-order valence-electron chi connectivity index (χ3n) is 7.26. The first kappa shape index (κ1) is 31.4. The number of nitrogens with two attached hydrogens (primary N) is 3. The van der Waals surface area contributed by atoms with Crippen LogP contribution in [0.15, 0.2) is 0 Å². The van der Waals surface area contributed by atoms with Gasteiger partial charge in [-0.2, -0.15) is 0 Å². The van der Waals surface area contributed by atoms with Gasteiger partial charge in [-0.05, 0) is 77.8 Å². The number of aliphatic carboxylic acids is 1. The van der Waals surface area contributed by atoms with E-state index in [4.69, 9.17) is 17.2 Å². The van der Waals surface area contributed by atoms with Crippen LogP contribution in [-0.4, -0.2) is 101 Å². The Hall–Kier alpha value is -2.77. The largest absolute Gasteiger partial charge is 0.480 e. The molecule has 0 bridgehead atoms. The second-order valence-electron chi connectivity index (χ2n) is 10.2. The second-order valence-corrected chi connectivity index (χ2v) is 10.2. The summed E-state index contributed by atoms with van der Waals surface area (Å²) in [5.74, 6) is -2.81. The van der Waals surface area contributed by atoms with Gasteiger partial charge in [-0.15, -0.1) is 0 Å². The predicted octanol–water partition coefficient (Wildman–Crippen LogP) is -1.37. The van der Waals surface area contributed by atoms with Gasteiger partial charge in [0.2, 0.25) is 23.6 Å². The zero-order valence-electron chi connectivity index (χ0n) is 22.4. The van der Waals surface area contributed by atoms with Crippen molar-refractivity contribution in [1.82, 2.24) is 20.4 Å². The van der Waals surface area contributed by atoms with Crippen molar-refractivity contribution in [3.8, 4) is 0 Å². The van der Waals surface area contributed by atoms with E-state index in [0.29, 0.717) is 71.1 Å². The van der Waals surface area contributed by atoms with Crippen LogP contribution >= 0.6 is 0 Å². The lowest BCUT2D eigenvalue weighted by atomic mass is 10.1. The maximum atomic E-state index is 13.5. The number of nitrogens with one attached hydrogen (secondary N) is 2. The topological polar surface area (TPSA) is 214 Å². The lowest BCUT2D eigenvalue weighted by Gasteiger charge is -2.32. The molecule has 0 spiro atoms. The van der Waals surface area contributed by atoms with Gasteiger partial charge >= 0.3 is 5.97 Å². The quantitative estimate of drug-likeness (QED) is 0.135. The van der Waals surface area contributed by atoms with Gasteiger partial charge in [0.25, 0.3) is 0 Å². The van der Waals surface area contributed by atoms with Gasteiger partial charge in [0.15, 0.2) is 0 Å². The highest BCUT2D eigenvalue weighted by Crippen LogP contribution is 2.26. The average molecular weight is 540 g/mol. The van der Waals surface area contributed by atoms with Crippen LogP contribution in [0, 0.1) is 0 Å². The van der Waals surface area contributed by atoms with E-state index in [9.17, 15) is 29.1 Å². The number of carbonyl (C=O) groups excluding carboxylic acids is 4. The van der Waals surface area contributed by atoms with Crippen LogP contribution in [0.5, 0.6) is 0 Å². The van der Waals surface area contributed by atoms with Gasteiger partial charge in [0, 0.05) is 13.1 Å². The Kier molecular flexibility index (Phi) is 12.9. The lowest BCUT2D eigenvalue weighted by Crippen LogP contribution is -2.57. The Morgan fingerprint density at radius 1 is 0.868 bits per heavy atom. The van der Waals surface area contributed by atoms with Gasteiger partial charge in [-0.3, -0.25) is 19.2 Å². The number of unbranched alkanes of at least 4 members (excludes halogenated alkanes) is 2. The Balaban J connectivity index is 1.97. The maximum Gasteiger partial charge on any atom is 0.326 e. The Morgan fingerprint density at radius 2 is 1.45 bits per heavy atom. The highest BCUT2D eigenvalue weighted by Gasteiger charge is 2.43. The first-order valence-electron chi connectivity index (χ1n) is 13.7. The molecular weight excluding hydrogens is 494 g/mol. The molecule has 0 saturated carbocycles. The molecule has 216 valence electrons. The van der Waals surface area contributed by atoms with Crippen LogP contribution in [0.2, 0.25) is 0 Å². The van der Waals surface area contributed by atoms with Crippen LogP contribution < -0.4 is 27.8 Å². The van der Waals surface area contributed by atoms with E-state index >= 15 is 0 Å². The molecule has 0 aromatic carbocycles. The molecule has 13 nitrogen and oxygen atoms in total. The van der Waals surface area contributed by atoms with Gasteiger partial charge in [0.05, 0.1) is 6.04 Å². The molecule has 38 heavy (non-hydrogen) atoms. The minimum atomic E-state index is -1.16. The molecule has 2 saturated heterocycles. The van der Waals surface area contributed by atoms with E-state index < -0.39 is 48.0 Å². The van der Waals surface area contributed by atoms with E-state index in [-0.39, 0.29) is 18.2 Å². The lowest BCUT2D eigenvalue weighted by molar-refractivity contribution is -0.147. The Bertz CT molecular complexity index is 841. The summed E-state index contributed by atoms with van der Waals surface area (Å²) >= 11 is 0. The number of likely N-dealkylation sites (tertiary alicyclic amines) is 2. The van der Waals surface area contributed by atoms with Crippen molar-refractivity contribution in [2.24, 2.45) is 17.2 Å². The van der Waals surface area contributed by atoms with Crippen molar-refractivity contribution in [3.05, 3.63) is 0 Å². The molecule has 2 heterocycles. The number of carboxylic acids is 1. The number of rotatable bonds is 15. The molecule has 13 heteroatoms. The summed E-state index contributed by atoms with van der Waals surface area (Å²) in [5, 5.41) is 14.5. The average Bonchev–Trinajstić information content (AvgIpc) is 3.57. The summed E-state index contributed by atoms with van der Waals surface area (Å²) < 4.78 is 0. The fraction of sp³-hybridized carbons (Fsp3) is 0.800. The molecule has 0 unspecified atom stereocenters. The second kappa shape index (κ2) is 15.6. The molecule has 2 rings (SSSR count). The van der Waals surface area contributed by atoms with E-state index in [0.717, 1.165) is 12.8 Å². The SMILES string of the molecule is C[C@H](NC(=O)[C@@H]1CCCN1C(=O)[C@@H]1CCCN1C(=O)[C@@H](N)CCCCN)C(=O)N[C@@H](CCCCN)C(=O)O. The van der Waals surface area contributed by atoms with E-state index in [1.54, 1.807) is 0 Å². The summed E-state index contributed by atoms with van der Waals surface area (Å²) in [6.45, 7) is 3.24. The van der Waals surface area contributed by atoms with Crippen molar-refractivity contribution in [3.63, 3.8) is 0 Å². The molecule has 9 N–H and O–H groups in total. The highest BCUT2D eigenvalue weighted by atomic mass is 16.4. The molecule has 2 fully saturated rings. The zero-order valence-corrected chi connectivity index (χ0v) is 22.4. The van der Waals surface area contributed by atoms with Crippen LogP contribution in [0.4, 0.5) is 0 Å². The number of carbonyl (C=O) groups is 5. The van der Waals surface area contributed by atoms with Crippen LogP contribution in [0.3, 0.4) is 0 Å². The molecule has 5 atom stereocenters. The van der Waals surface area contributed by atoms with Crippen molar-refractivity contribution in [2.45, 2.75) is 101 Å². The van der Waals surface area contributed by atoms with Crippen molar-refractivity contribution >= 4 is 29.6 Å².